The summed E-state index contributed by atoms with van der Waals surface area (Å²) in [6.07, 6.45) is 5.86. The molecular formula is C21H30N3O3S+. The molecule has 6 nitrogen and oxygen atoms in total. The van der Waals surface area contributed by atoms with Gasteiger partial charge in [0.05, 0.1) is 4.90 Å². The molecule has 1 amide bonds. The van der Waals surface area contributed by atoms with Crippen molar-refractivity contribution in [3.63, 3.8) is 0 Å². The van der Waals surface area contributed by atoms with Crippen molar-refractivity contribution in [1.29, 1.82) is 0 Å². The first-order valence-electron chi connectivity index (χ1n) is 9.70. The highest BCUT2D eigenvalue weighted by molar-refractivity contribution is 7.89. The highest BCUT2D eigenvalue weighted by Crippen LogP contribution is 2.23. The Kier molecular flexibility index (Phi) is 7.71. The Morgan fingerprint density at radius 1 is 1.07 bits per heavy atom. The lowest BCUT2D eigenvalue weighted by atomic mass is 10.1. The Morgan fingerprint density at radius 3 is 2.29 bits per heavy atom. The van der Waals surface area contributed by atoms with E-state index >= 15 is 0 Å². The van der Waals surface area contributed by atoms with Crippen molar-refractivity contribution in [3.05, 3.63) is 53.9 Å². The molecule has 0 unspecified atom stereocenters. The maximum absolute atomic E-state index is 12.8. The molecule has 0 aliphatic heterocycles. The lowest BCUT2D eigenvalue weighted by Crippen LogP contribution is -2.39. The van der Waals surface area contributed by atoms with Crippen LogP contribution in [0.4, 0.5) is 5.69 Å². The fourth-order valence-corrected chi connectivity index (χ4v) is 4.78. The number of aromatic nitrogens is 1. The normalized spacial score (nSPS) is 11.6. The summed E-state index contributed by atoms with van der Waals surface area (Å²) in [7, 11) is -3.58. The van der Waals surface area contributed by atoms with Gasteiger partial charge in [0, 0.05) is 30.9 Å². The number of nitrogens with zero attached hydrogens (tertiary/aromatic N) is 2. The Bertz CT molecular complexity index is 905. The van der Waals surface area contributed by atoms with E-state index in [1.54, 1.807) is 23.6 Å². The molecule has 152 valence electrons. The summed E-state index contributed by atoms with van der Waals surface area (Å²) in [5.74, 6) is -0.205. The van der Waals surface area contributed by atoms with Crippen LogP contribution in [0.3, 0.4) is 0 Å². The standard InChI is InChI=1S/C21H29N3O3S/c1-5-8-18-11-13-23(14-12-18)16-21(25)22-19-10-9-17(4)20(15-19)28(26,27)24(6-2)7-3/h9-15H,5-8,16H2,1-4H3/p+1. The maximum atomic E-state index is 12.8. The Labute approximate surface area is 168 Å². The average molecular weight is 405 g/mol. The smallest absolute Gasteiger partial charge is 0.290 e. The zero-order chi connectivity index (χ0) is 20.7. The van der Waals surface area contributed by atoms with Gasteiger partial charge in [-0.05, 0) is 36.6 Å². The second kappa shape index (κ2) is 9.80. The van der Waals surface area contributed by atoms with E-state index in [2.05, 4.69) is 12.2 Å². The number of carbonyl (C=O) groups excluding carboxylic acids is 1. The molecule has 1 aromatic carbocycles. The van der Waals surface area contributed by atoms with Crippen LogP contribution in [0.15, 0.2) is 47.6 Å². The number of pyridine rings is 1. The van der Waals surface area contributed by atoms with Crippen LogP contribution in [0.25, 0.3) is 0 Å². The third-order valence-corrected chi connectivity index (χ3v) is 6.81. The van der Waals surface area contributed by atoms with Crippen molar-refractivity contribution in [2.24, 2.45) is 0 Å². The monoisotopic (exact) mass is 404 g/mol. The van der Waals surface area contributed by atoms with E-state index in [0.717, 1.165) is 12.8 Å². The quantitative estimate of drug-likeness (QED) is 0.653. The number of amides is 1. The Balaban J connectivity index is 2.15. The number of nitrogens with one attached hydrogen (secondary N) is 1. The minimum atomic E-state index is -3.58. The minimum Gasteiger partial charge on any atom is -0.321 e. The number of hydrogen-bond donors (Lipinski definition) is 1. The Morgan fingerprint density at radius 2 is 1.71 bits per heavy atom. The highest BCUT2D eigenvalue weighted by atomic mass is 32.2. The molecule has 0 atom stereocenters. The second-order valence-corrected chi connectivity index (χ2v) is 8.65. The second-order valence-electron chi connectivity index (χ2n) is 6.75. The number of anilines is 1. The first kappa shape index (κ1) is 22.0. The van der Waals surface area contributed by atoms with Crippen LogP contribution >= 0.6 is 0 Å². The maximum Gasteiger partial charge on any atom is 0.290 e. The predicted octanol–water partition coefficient (Wildman–Crippen LogP) is 2.90. The lowest BCUT2D eigenvalue weighted by Gasteiger charge is -2.20. The van der Waals surface area contributed by atoms with E-state index < -0.39 is 10.0 Å². The van der Waals surface area contributed by atoms with Gasteiger partial charge < -0.3 is 5.32 Å². The molecule has 0 saturated carbocycles. The van der Waals surface area contributed by atoms with Crippen LogP contribution in [0.1, 0.15) is 38.3 Å². The molecule has 0 radical (unpaired) electrons. The number of carbonyl (C=O) groups is 1. The van der Waals surface area contributed by atoms with Gasteiger partial charge in [-0.15, -0.1) is 0 Å². The summed E-state index contributed by atoms with van der Waals surface area (Å²) < 4.78 is 28.9. The molecule has 0 fully saturated rings. The average Bonchev–Trinajstić information content (AvgIpc) is 2.65. The predicted molar refractivity (Wildman–Crippen MR) is 111 cm³/mol. The van der Waals surface area contributed by atoms with E-state index in [1.165, 1.54) is 15.9 Å². The zero-order valence-corrected chi connectivity index (χ0v) is 17.9. The van der Waals surface area contributed by atoms with Crippen LogP contribution in [0, 0.1) is 6.92 Å². The molecule has 1 aromatic heterocycles. The fraction of sp³-hybridized carbons (Fsp3) is 0.429. The lowest BCUT2D eigenvalue weighted by molar-refractivity contribution is -0.684. The number of hydrogen-bond acceptors (Lipinski definition) is 3. The van der Waals surface area contributed by atoms with Gasteiger partial charge in [-0.2, -0.15) is 8.87 Å². The van der Waals surface area contributed by atoms with Crippen molar-refractivity contribution < 1.29 is 17.8 Å². The molecule has 0 saturated heterocycles. The van der Waals surface area contributed by atoms with Crippen molar-refractivity contribution in [2.45, 2.75) is 52.0 Å². The molecule has 0 aliphatic carbocycles. The number of benzene rings is 1. The molecule has 1 heterocycles. The van der Waals surface area contributed by atoms with E-state index in [-0.39, 0.29) is 17.3 Å². The van der Waals surface area contributed by atoms with Gasteiger partial charge in [0.1, 0.15) is 0 Å². The van der Waals surface area contributed by atoms with Crippen LogP contribution < -0.4 is 9.88 Å². The summed E-state index contributed by atoms with van der Waals surface area (Å²) in [4.78, 5) is 12.6. The number of rotatable bonds is 9. The van der Waals surface area contributed by atoms with Crippen LogP contribution in [-0.4, -0.2) is 31.7 Å². The summed E-state index contributed by atoms with van der Waals surface area (Å²) in [6.45, 7) is 8.48. The van der Waals surface area contributed by atoms with E-state index in [1.807, 2.05) is 38.4 Å². The molecular weight excluding hydrogens is 374 g/mol. The first-order valence-corrected chi connectivity index (χ1v) is 11.1. The van der Waals surface area contributed by atoms with Crippen molar-refractivity contribution in [3.8, 4) is 0 Å². The van der Waals surface area contributed by atoms with Crippen LogP contribution in [0.2, 0.25) is 0 Å². The summed E-state index contributed by atoms with van der Waals surface area (Å²) in [5.41, 5.74) is 2.37. The van der Waals surface area contributed by atoms with Crippen LogP contribution in [-0.2, 0) is 27.8 Å². The van der Waals surface area contributed by atoms with Gasteiger partial charge in [-0.25, -0.2) is 8.42 Å². The summed E-state index contributed by atoms with van der Waals surface area (Å²) in [5, 5.41) is 2.80. The number of aryl methyl sites for hydroxylation is 2. The molecule has 2 rings (SSSR count). The van der Waals surface area contributed by atoms with Gasteiger partial charge in [0.15, 0.2) is 12.4 Å². The third-order valence-electron chi connectivity index (χ3n) is 4.62. The van der Waals surface area contributed by atoms with E-state index in [0.29, 0.717) is 24.3 Å². The van der Waals surface area contributed by atoms with Gasteiger partial charge in [0.2, 0.25) is 16.6 Å². The van der Waals surface area contributed by atoms with Gasteiger partial charge in [0.25, 0.3) is 5.91 Å². The minimum absolute atomic E-state index is 0.165. The summed E-state index contributed by atoms with van der Waals surface area (Å²) >= 11 is 0. The zero-order valence-electron chi connectivity index (χ0n) is 17.1. The van der Waals surface area contributed by atoms with E-state index in [4.69, 9.17) is 0 Å². The highest BCUT2D eigenvalue weighted by Gasteiger charge is 2.24. The van der Waals surface area contributed by atoms with Crippen molar-refractivity contribution >= 4 is 21.6 Å². The van der Waals surface area contributed by atoms with Crippen LogP contribution in [0.5, 0.6) is 0 Å². The largest absolute Gasteiger partial charge is 0.321 e. The fourth-order valence-electron chi connectivity index (χ4n) is 3.07. The molecule has 0 bridgehead atoms. The Hall–Kier alpha value is -2.25. The molecule has 28 heavy (non-hydrogen) atoms. The van der Waals surface area contributed by atoms with Gasteiger partial charge >= 0.3 is 0 Å². The molecule has 1 N–H and O–H groups in total. The van der Waals surface area contributed by atoms with Crippen molar-refractivity contribution in [1.82, 2.24) is 4.31 Å². The van der Waals surface area contributed by atoms with Crippen molar-refractivity contribution in [2.75, 3.05) is 18.4 Å². The summed E-state index contributed by atoms with van der Waals surface area (Å²) in [6, 6.07) is 9.01. The molecule has 2 aromatic rings. The molecule has 0 aliphatic rings. The van der Waals surface area contributed by atoms with E-state index in [9.17, 15) is 13.2 Å². The number of sulfonamides is 1. The topological polar surface area (TPSA) is 70.4 Å². The molecule has 0 spiro atoms. The third kappa shape index (κ3) is 5.39. The van der Waals surface area contributed by atoms with Gasteiger partial charge in [-0.1, -0.05) is 33.3 Å². The SMILES string of the molecule is CCCc1cc[n+](CC(=O)Nc2ccc(C)c(S(=O)(=O)N(CC)CC)c2)cc1. The first-order chi connectivity index (χ1) is 13.3. The van der Waals surface area contributed by atoms with Gasteiger partial charge in [-0.3, -0.25) is 4.79 Å². The molecule has 7 heteroatoms.